The molecule has 22 heavy (non-hydrogen) atoms. The number of ether oxygens (including phenoxy) is 1. The molecule has 1 saturated heterocycles. The number of carbonyl (C=O) groups excluding carboxylic acids is 4. The molecule has 3 rings (SSSR count). The van der Waals surface area contributed by atoms with Crippen LogP contribution in [0.3, 0.4) is 0 Å². The first-order valence-corrected chi connectivity index (χ1v) is 6.80. The molecule has 0 radical (unpaired) electrons. The third-order valence-corrected chi connectivity index (χ3v) is 4.17. The standard InChI is InChI=1S/C15H14N2O5/c1-15(7-6-10(18)16-14(15)21)17-12(19)8-4-3-5-9(22-2)11(8)13(17)20/h3-5H,6-7H2,1-2H3,(H,16,18,21). The van der Waals surface area contributed by atoms with E-state index in [-0.39, 0.29) is 29.7 Å². The lowest BCUT2D eigenvalue weighted by molar-refractivity contribution is -0.140. The number of fused-ring (bicyclic) bond motifs is 1. The minimum absolute atomic E-state index is 0.0762. The number of nitrogens with zero attached hydrogens (tertiary/aromatic N) is 1. The number of nitrogens with one attached hydrogen (secondary N) is 1. The Labute approximate surface area is 126 Å². The van der Waals surface area contributed by atoms with E-state index < -0.39 is 29.2 Å². The summed E-state index contributed by atoms with van der Waals surface area (Å²) in [6, 6.07) is 4.72. The number of methoxy groups -OCH3 is 1. The van der Waals surface area contributed by atoms with Crippen LogP contribution in [0.1, 0.15) is 40.5 Å². The lowest BCUT2D eigenvalue weighted by atomic mass is 9.89. The van der Waals surface area contributed by atoms with Gasteiger partial charge in [-0.3, -0.25) is 29.4 Å². The third kappa shape index (κ3) is 1.75. The first kappa shape index (κ1) is 14.2. The summed E-state index contributed by atoms with van der Waals surface area (Å²) < 4.78 is 5.13. The summed E-state index contributed by atoms with van der Waals surface area (Å²) >= 11 is 0. The average molecular weight is 302 g/mol. The van der Waals surface area contributed by atoms with Crippen LogP contribution in [-0.2, 0) is 9.59 Å². The van der Waals surface area contributed by atoms with Crippen molar-refractivity contribution in [1.29, 1.82) is 0 Å². The van der Waals surface area contributed by atoms with E-state index in [0.717, 1.165) is 4.90 Å². The highest BCUT2D eigenvalue weighted by molar-refractivity contribution is 6.25. The lowest BCUT2D eigenvalue weighted by Crippen LogP contribution is -2.62. The molecule has 4 amide bonds. The van der Waals surface area contributed by atoms with Crippen LogP contribution in [0.25, 0.3) is 0 Å². The molecule has 2 aliphatic rings. The topological polar surface area (TPSA) is 92.8 Å². The van der Waals surface area contributed by atoms with Crippen molar-refractivity contribution in [2.45, 2.75) is 25.3 Å². The first-order valence-electron chi connectivity index (χ1n) is 6.80. The van der Waals surface area contributed by atoms with Gasteiger partial charge in [0.25, 0.3) is 17.7 Å². The zero-order chi connectivity index (χ0) is 16.1. The van der Waals surface area contributed by atoms with Crippen LogP contribution in [-0.4, -0.2) is 41.2 Å². The van der Waals surface area contributed by atoms with Crippen LogP contribution >= 0.6 is 0 Å². The van der Waals surface area contributed by atoms with E-state index in [1.807, 2.05) is 0 Å². The first-order chi connectivity index (χ1) is 10.4. The molecule has 1 N–H and O–H groups in total. The fourth-order valence-corrected chi connectivity index (χ4v) is 2.88. The molecule has 1 unspecified atom stereocenters. The SMILES string of the molecule is COc1cccc2c1C(=O)N(C1(C)CCC(=O)NC1=O)C2=O. The molecule has 114 valence electrons. The van der Waals surface area contributed by atoms with Crippen LogP contribution in [0.5, 0.6) is 5.75 Å². The number of benzene rings is 1. The molecule has 7 heteroatoms. The smallest absolute Gasteiger partial charge is 0.266 e. The van der Waals surface area contributed by atoms with E-state index in [0.29, 0.717) is 0 Å². The molecule has 0 aromatic heterocycles. The molecule has 0 aliphatic carbocycles. The quantitative estimate of drug-likeness (QED) is 0.802. The fraction of sp³-hybridized carbons (Fsp3) is 0.333. The summed E-state index contributed by atoms with van der Waals surface area (Å²) in [5.41, 5.74) is -1.03. The Morgan fingerprint density at radius 3 is 2.55 bits per heavy atom. The van der Waals surface area contributed by atoms with Gasteiger partial charge in [0.1, 0.15) is 11.3 Å². The number of amides is 4. The zero-order valence-corrected chi connectivity index (χ0v) is 12.1. The van der Waals surface area contributed by atoms with E-state index in [2.05, 4.69) is 5.32 Å². The zero-order valence-electron chi connectivity index (χ0n) is 12.1. The summed E-state index contributed by atoms with van der Waals surface area (Å²) in [6.07, 6.45) is 0.179. The van der Waals surface area contributed by atoms with E-state index in [1.165, 1.54) is 20.1 Å². The van der Waals surface area contributed by atoms with Crippen LogP contribution in [0.2, 0.25) is 0 Å². The van der Waals surface area contributed by atoms with Crippen LogP contribution < -0.4 is 10.1 Å². The summed E-state index contributed by atoms with van der Waals surface area (Å²) in [5, 5.41) is 2.19. The fourth-order valence-electron chi connectivity index (χ4n) is 2.88. The Kier molecular flexibility index (Phi) is 3.01. The second-order valence-corrected chi connectivity index (χ2v) is 5.48. The number of piperidine rings is 1. The minimum atomic E-state index is -1.38. The molecule has 0 saturated carbocycles. The molecule has 2 aliphatic heterocycles. The molecule has 2 heterocycles. The van der Waals surface area contributed by atoms with Crippen molar-refractivity contribution in [1.82, 2.24) is 10.2 Å². The molecule has 0 spiro atoms. The highest BCUT2D eigenvalue weighted by Crippen LogP contribution is 2.37. The van der Waals surface area contributed by atoms with Gasteiger partial charge in [-0.05, 0) is 25.5 Å². The van der Waals surface area contributed by atoms with Crippen molar-refractivity contribution in [2.75, 3.05) is 7.11 Å². The number of hydrogen-bond acceptors (Lipinski definition) is 5. The molecule has 0 bridgehead atoms. The van der Waals surface area contributed by atoms with Gasteiger partial charge in [0.15, 0.2) is 0 Å². The normalized spacial score (nSPS) is 24.4. The molecule has 1 aromatic carbocycles. The number of imide groups is 2. The number of rotatable bonds is 2. The maximum absolute atomic E-state index is 12.7. The van der Waals surface area contributed by atoms with Gasteiger partial charge >= 0.3 is 0 Å². The highest BCUT2D eigenvalue weighted by Gasteiger charge is 2.53. The Morgan fingerprint density at radius 1 is 1.18 bits per heavy atom. The predicted octanol–water partition coefficient (Wildman–Crippen LogP) is 0.486. The maximum atomic E-state index is 12.7. The maximum Gasteiger partial charge on any atom is 0.266 e. The third-order valence-electron chi connectivity index (χ3n) is 4.17. The van der Waals surface area contributed by atoms with Crippen LogP contribution in [0.4, 0.5) is 0 Å². The lowest BCUT2D eigenvalue weighted by Gasteiger charge is -2.38. The summed E-state index contributed by atoms with van der Waals surface area (Å²) in [4.78, 5) is 49.7. The Bertz CT molecular complexity index is 727. The Balaban J connectivity index is 2.08. The predicted molar refractivity (Wildman–Crippen MR) is 74.3 cm³/mol. The van der Waals surface area contributed by atoms with Crippen molar-refractivity contribution in [3.63, 3.8) is 0 Å². The average Bonchev–Trinajstić information content (AvgIpc) is 2.76. The highest BCUT2D eigenvalue weighted by atomic mass is 16.5. The molecule has 1 aromatic rings. The minimum Gasteiger partial charge on any atom is -0.496 e. The van der Waals surface area contributed by atoms with E-state index >= 15 is 0 Å². The second-order valence-electron chi connectivity index (χ2n) is 5.48. The van der Waals surface area contributed by atoms with E-state index in [1.54, 1.807) is 12.1 Å². The van der Waals surface area contributed by atoms with Crippen molar-refractivity contribution in [3.05, 3.63) is 29.3 Å². The van der Waals surface area contributed by atoms with Gasteiger partial charge in [-0.2, -0.15) is 0 Å². The molecular weight excluding hydrogens is 288 g/mol. The number of carbonyl (C=O) groups is 4. The summed E-state index contributed by atoms with van der Waals surface area (Å²) in [6.45, 7) is 1.49. The van der Waals surface area contributed by atoms with Gasteiger partial charge in [0.05, 0.1) is 18.2 Å². The van der Waals surface area contributed by atoms with Crippen molar-refractivity contribution >= 4 is 23.6 Å². The molecule has 7 nitrogen and oxygen atoms in total. The van der Waals surface area contributed by atoms with Crippen LogP contribution in [0.15, 0.2) is 18.2 Å². The molecular formula is C15H14N2O5. The Hall–Kier alpha value is -2.70. The van der Waals surface area contributed by atoms with Gasteiger partial charge < -0.3 is 4.74 Å². The second kappa shape index (κ2) is 4.66. The van der Waals surface area contributed by atoms with Gasteiger partial charge in [-0.25, -0.2) is 0 Å². The van der Waals surface area contributed by atoms with Crippen LogP contribution in [0, 0.1) is 0 Å². The van der Waals surface area contributed by atoms with Crippen molar-refractivity contribution in [2.24, 2.45) is 0 Å². The number of hydrogen-bond donors (Lipinski definition) is 1. The van der Waals surface area contributed by atoms with Crippen molar-refractivity contribution in [3.8, 4) is 5.75 Å². The van der Waals surface area contributed by atoms with Crippen molar-refractivity contribution < 1.29 is 23.9 Å². The molecule has 1 fully saturated rings. The van der Waals surface area contributed by atoms with Gasteiger partial charge in [0, 0.05) is 6.42 Å². The monoisotopic (exact) mass is 302 g/mol. The summed E-state index contributed by atoms with van der Waals surface area (Å²) in [5.74, 6) is -1.89. The Morgan fingerprint density at radius 2 is 1.91 bits per heavy atom. The summed E-state index contributed by atoms with van der Waals surface area (Å²) in [7, 11) is 1.41. The van der Waals surface area contributed by atoms with E-state index in [9.17, 15) is 19.2 Å². The van der Waals surface area contributed by atoms with E-state index in [4.69, 9.17) is 4.74 Å². The van der Waals surface area contributed by atoms with Gasteiger partial charge in [-0.15, -0.1) is 0 Å². The largest absolute Gasteiger partial charge is 0.496 e. The van der Waals surface area contributed by atoms with Gasteiger partial charge in [-0.1, -0.05) is 6.07 Å². The molecule has 1 atom stereocenters. The van der Waals surface area contributed by atoms with Gasteiger partial charge in [0.2, 0.25) is 5.91 Å².